The molecule has 0 aliphatic heterocycles. The topological polar surface area (TPSA) is 76.5 Å². The first-order valence-corrected chi connectivity index (χ1v) is 9.53. The van der Waals surface area contributed by atoms with E-state index in [1.165, 1.54) is 11.3 Å². The van der Waals surface area contributed by atoms with E-state index in [1.807, 2.05) is 66.5 Å². The van der Waals surface area contributed by atoms with Crippen LogP contribution < -0.4 is 5.56 Å². The van der Waals surface area contributed by atoms with E-state index >= 15 is 0 Å². The summed E-state index contributed by atoms with van der Waals surface area (Å²) in [5.41, 5.74) is 3.29. The number of aromatic amines is 1. The Morgan fingerprint density at radius 2 is 1.89 bits per heavy atom. The summed E-state index contributed by atoms with van der Waals surface area (Å²) in [6.45, 7) is 0. The molecule has 0 saturated heterocycles. The predicted molar refractivity (Wildman–Crippen MR) is 111 cm³/mol. The van der Waals surface area contributed by atoms with Gasteiger partial charge >= 0.3 is 0 Å². The number of nitrogens with one attached hydrogen (secondary N) is 1. The third kappa shape index (κ3) is 2.73. The molecule has 0 saturated carbocycles. The van der Waals surface area contributed by atoms with E-state index in [0.717, 1.165) is 21.6 Å². The molecule has 0 aliphatic carbocycles. The standard InChI is InChI=1S/C21H15N5OS/c1-26-11-15(23-12-26)19-24-20(27)17-16(13-6-3-2-4-7-13)18(28-21(17)25-19)14-8-5-9-22-10-14/h2-12H,1H3,(H,24,25,27). The summed E-state index contributed by atoms with van der Waals surface area (Å²) < 4.78 is 1.82. The number of H-pyrrole nitrogens is 1. The third-order valence-corrected chi connectivity index (χ3v) is 5.63. The molecule has 0 fully saturated rings. The summed E-state index contributed by atoms with van der Waals surface area (Å²) in [6.07, 6.45) is 7.07. The van der Waals surface area contributed by atoms with Crippen LogP contribution in [0.1, 0.15) is 0 Å². The number of rotatable bonds is 3. The molecule has 0 aliphatic rings. The highest BCUT2D eigenvalue weighted by molar-refractivity contribution is 7.22. The van der Waals surface area contributed by atoms with Crippen LogP contribution in [0.4, 0.5) is 0 Å². The Hall–Kier alpha value is -3.58. The smallest absolute Gasteiger partial charge is 0.260 e. The molecule has 0 radical (unpaired) electrons. The Balaban J connectivity index is 1.83. The van der Waals surface area contributed by atoms with E-state index < -0.39 is 0 Å². The number of hydrogen-bond donors (Lipinski definition) is 1. The number of aryl methyl sites for hydroxylation is 1. The maximum Gasteiger partial charge on any atom is 0.260 e. The van der Waals surface area contributed by atoms with Crippen LogP contribution in [0.25, 0.3) is 43.3 Å². The minimum absolute atomic E-state index is 0.170. The molecule has 5 rings (SSSR count). The molecule has 0 bridgehead atoms. The maximum absolute atomic E-state index is 13.1. The monoisotopic (exact) mass is 385 g/mol. The first-order valence-electron chi connectivity index (χ1n) is 8.71. The molecule has 6 nitrogen and oxygen atoms in total. The molecule has 0 atom stereocenters. The molecule has 7 heteroatoms. The van der Waals surface area contributed by atoms with Gasteiger partial charge in [-0.2, -0.15) is 0 Å². The highest BCUT2D eigenvalue weighted by Gasteiger charge is 2.20. The Labute approximate surface area is 164 Å². The predicted octanol–water partition coefficient (Wildman–Crippen LogP) is 4.11. The Kier molecular flexibility index (Phi) is 3.87. The summed E-state index contributed by atoms with van der Waals surface area (Å²) in [5, 5.41) is 0.592. The fraction of sp³-hybridized carbons (Fsp3) is 0.0476. The zero-order valence-electron chi connectivity index (χ0n) is 15.0. The summed E-state index contributed by atoms with van der Waals surface area (Å²) in [4.78, 5) is 30.9. The normalized spacial score (nSPS) is 11.2. The number of thiophene rings is 1. The van der Waals surface area contributed by atoms with Crippen molar-refractivity contribution in [1.82, 2.24) is 24.5 Å². The van der Waals surface area contributed by atoms with Gasteiger partial charge in [0.15, 0.2) is 5.82 Å². The Bertz CT molecular complexity index is 1340. The van der Waals surface area contributed by atoms with Gasteiger partial charge in [0.1, 0.15) is 10.5 Å². The lowest BCUT2D eigenvalue weighted by atomic mass is 10.0. The van der Waals surface area contributed by atoms with Gasteiger partial charge < -0.3 is 9.55 Å². The molecular formula is C21H15N5OS. The van der Waals surface area contributed by atoms with E-state index in [4.69, 9.17) is 4.98 Å². The van der Waals surface area contributed by atoms with Crippen molar-refractivity contribution in [2.24, 2.45) is 7.05 Å². The number of imidazole rings is 1. The van der Waals surface area contributed by atoms with Gasteiger partial charge in [0.2, 0.25) is 0 Å². The first-order chi connectivity index (χ1) is 13.7. The Morgan fingerprint density at radius 1 is 1.07 bits per heavy atom. The second kappa shape index (κ2) is 6.54. The lowest BCUT2D eigenvalue weighted by molar-refractivity contribution is 0.913. The molecule has 1 aromatic carbocycles. The van der Waals surface area contributed by atoms with Crippen LogP contribution in [0.5, 0.6) is 0 Å². The van der Waals surface area contributed by atoms with Crippen molar-refractivity contribution in [3.05, 3.63) is 77.7 Å². The zero-order chi connectivity index (χ0) is 19.1. The number of benzene rings is 1. The summed E-state index contributed by atoms with van der Waals surface area (Å²) in [7, 11) is 1.88. The van der Waals surface area contributed by atoms with E-state index in [9.17, 15) is 4.79 Å². The van der Waals surface area contributed by atoms with Gasteiger partial charge in [0.25, 0.3) is 5.56 Å². The first kappa shape index (κ1) is 16.6. The summed E-state index contributed by atoms with van der Waals surface area (Å²) >= 11 is 1.50. The van der Waals surface area contributed by atoms with Gasteiger partial charge in [-0.05, 0) is 11.6 Å². The van der Waals surface area contributed by atoms with Crippen molar-refractivity contribution in [3.63, 3.8) is 0 Å². The van der Waals surface area contributed by atoms with Crippen molar-refractivity contribution in [1.29, 1.82) is 0 Å². The lowest BCUT2D eigenvalue weighted by Crippen LogP contribution is -2.09. The molecule has 0 unspecified atom stereocenters. The van der Waals surface area contributed by atoms with Crippen LogP contribution in [-0.4, -0.2) is 24.5 Å². The van der Waals surface area contributed by atoms with E-state index in [2.05, 4.69) is 15.0 Å². The minimum atomic E-state index is -0.170. The maximum atomic E-state index is 13.1. The zero-order valence-corrected chi connectivity index (χ0v) is 15.8. The molecule has 0 amide bonds. The van der Waals surface area contributed by atoms with Crippen LogP contribution in [-0.2, 0) is 7.05 Å². The van der Waals surface area contributed by atoms with Crippen LogP contribution >= 0.6 is 11.3 Å². The number of aromatic nitrogens is 5. The summed E-state index contributed by atoms with van der Waals surface area (Å²) in [6, 6.07) is 13.8. The number of fused-ring (bicyclic) bond motifs is 1. The second-order valence-electron chi connectivity index (χ2n) is 6.43. The van der Waals surface area contributed by atoms with Crippen molar-refractivity contribution in [2.45, 2.75) is 0 Å². The van der Waals surface area contributed by atoms with Crippen LogP contribution in [0, 0.1) is 0 Å². The van der Waals surface area contributed by atoms with Gasteiger partial charge in [-0.15, -0.1) is 11.3 Å². The third-order valence-electron chi connectivity index (χ3n) is 4.50. The number of nitrogens with zero attached hydrogens (tertiary/aromatic N) is 4. The molecule has 5 aromatic rings. The molecule has 4 heterocycles. The highest BCUT2D eigenvalue weighted by atomic mass is 32.1. The number of hydrogen-bond acceptors (Lipinski definition) is 5. The largest absolute Gasteiger partial charge is 0.340 e. The van der Waals surface area contributed by atoms with E-state index in [-0.39, 0.29) is 5.56 Å². The van der Waals surface area contributed by atoms with Crippen molar-refractivity contribution in [2.75, 3.05) is 0 Å². The van der Waals surface area contributed by atoms with Crippen LogP contribution in [0.3, 0.4) is 0 Å². The Morgan fingerprint density at radius 3 is 2.61 bits per heavy atom. The lowest BCUT2D eigenvalue weighted by Gasteiger charge is -2.04. The average molecular weight is 385 g/mol. The SMILES string of the molecule is Cn1cnc(-c2nc3sc(-c4cccnc4)c(-c4ccccc4)c3c(=O)[nH]2)c1. The summed E-state index contributed by atoms with van der Waals surface area (Å²) in [5.74, 6) is 0.469. The molecule has 136 valence electrons. The van der Waals surface area contributed by atoms with Gasteiger partial charge in [0.05, 0.1) is 11.7 Å². The van der Waals surface area contributed by atoms with Gasteiger partial charge in [-0.1, -0.05) is 36.4 Å². The number of pyridine rings is 1. The molecule has 4 aromatic heterocycles. The molecule has 1 N–H and O–H groups in total. The minimum Gasteiger partial charge on any atom is -0.340 e. The van der Waals surface area contributed by atoms with Crippen LogP contribution in [0.15, 0.2) is 72.2 Å². The van der Waals surface area contributed by atoms with Crippen molar-refractivity contribution >= 4 is 21.6 Å². The fourth-order valence-electron chi connectivity index (χ4n) is 3.25. The molecule has 28 heavy (non-hydrogen) atoms. The van der Waals surface area contributed by atoms with Crippen molar-refractivity contribution < 1.29 is 0 Å². The van der Waals surface area contributed by atoms with Gasteiger partial charge in [-0.3, -0.25) is 9.78 Å². The molecule has 0 spiro atoms. The van der Waals surface area contributed by atoms with E-state index in [0.29, 0.717) is 21.7 Å². The average Bonchev–Trinajstić information content (AvgIpc) is 3.33. The highest BCUT2D eigenvalue weighted by Crippen LogP contribution is 2.42. The van der Waals surface area contributed by atoms with E-state index in [1.54, 1.807) is 12.5 Å². The second-order valence-corrected chi connectivity index (χ2v) is 7.43. The fourth-order valence-corrected chi connectivity index (χ4v) is 4.43. The quantitative estimate of drug-likeness (QED) is 0.507. The van der Waals surface area contributed by atoms with Gasteiger partial charge in [0, 0.05) is 41.6 Å². The van der Waals surface area contributed by atoms with Gasteiger partial charge in [-0.25, -0.2) is 9.97 Å². The van der Waals surface area contributed by atoms with Crippen LogP contribution in [0.2, 0.25) is 0 Å². The molecular weight excluding hydrogens is 370 g/mol. The van der Waals surface area contributed by atoms with Crippen molar-refractivity contribution in [3.8, 4) is 33.1 Å².